The van der Waals surface area contributed by atoms with E-state index in [2.05, 4.69) is 31.2 Å². The molecular weight excluding hydrogens is 307 g/mol. The molecule has 0 saturated heterocycles. The van der Waals surface area contributed by atoms with Gasteiger partial charge in [-0.1, -0.05) is 63.3 Å². The zero-order valence-electron chi connectivity index (χ0n) is 14.5. The van der Waals surface area contributed by atoms with E-state index in [1.807, 2.05) is 0 Å². The second-order valence-corrected chi connectivity index (χ2v) is 6.84. The summed E-state index contributed by atoms with van der Waals surface area (Å²) in [5.74, 6) is 0. The van der Waals surface area contributed by atoms with Crippen LogP contribution in [0.4, 0.5) is 0 Å². The minimum Gasteiger partial charge on any atom is -0.391 e. The lowest BCUT2D eigenvalue weighted by Gasteiger charge is -2.09. The molecule has 0 aliphatic rings. The summed E-state index contributed by atoms with van der Waals surface area (Å²) in [5, 5.41) is 9.63. The Hall–Kier alpha value is -0.630. The number of benzene rings is 1. The molecule has 4 heteroatoms. The summed E-state index contributed by atoms with van der Waals surface area (Å²) >= 11 is 0. The summed E-state index contributed by atoms with van der Waals surface area (Å²) in [6.45, 7) is 2.44. The number of hydrogen-bond donors (Lipinski definition) is 1. The number of aryl methyl sites for hydroxylation is 2. The van der Waals surface area contributed by atoms with Crippen LogP contribution in [0.15, 0.2) is 24.3 Å². The lowest BCUT2D eigenvalue weighted by Crippen LogP contribution is -2.12. The maximum atomic E-state index is 10.3. The second kappa shape index (κ2) is 13.8. The van der Waals surface area contributed by atoms with Crippen LogP contribution in [0, 0.1) is 0 Å². The summed E-state index contributed by atoms with van der Waals surface area (Å²) in [5.41, 5.74) is 2.75. The van der Waals surface area contributed by atoms with E-state index in [1.165, 1.54) is 56.1 Å². The molecule has 2 atom stereocenters. The van der Waals surface area contributed by atoms with E-state index in [-0.39, 0.29) is 6.61 Å². The Balaban J connectivity index is 2.14. The predicted molar refractivity (Wildman–Crippen MR) is 98.8 cm³/mol. The highest BCUT2D eigenvalue weighted by Crippen LogP contribution is 2.13. The van der Waals surface area contributed by atoms with Crippen LogP contribution in [-0.4, -0.2) is 17.8 Å². The number of unbranched alkanes of at least 4 members (excludes halogenated alkanes) is 5. The third-order valence-electron chi connectivity index (χ3n) is 4.20. The molecule has 1 N–H and O–H groups in total. The highest BCUT2D eigenvalue weighted by atomic mass is 31.1. The van der Waals surface area contributed by atoms with Crippen molar-refractivity contribution in [3.05, 3.63) is 35.4 Å². The van der Waals surface area contributed by atoms with E-state index in [0.717, 1.165) is 12.8 Å². The first-order chi connectivity index (χ1) is 11.3. The van der Waals surface area contributed by atoms with Crippen LogP contribution in [0.5, 0.6) is 0 Å². The lowest BCUT2D eigenvalue weighted by atomic mass is 10.0. The van der Waals surface area contributed by atoms with Gasteiger partial charge in [0.1, 0.15) is 0 Å². The van der Waals surface area contributed by atoms with Crippen molar-refractivity contribution in [2.45, 2.75) is 77.2 Å². The van der Waals surface area contributed by atoms with Crippen molar-refractivity contribution < 1.29 is 14.2 Å². The Bertz CT molecular complexity index is 406. The topological polar surface area (TPSA) is 46.5 Å². The second-order valence-electron chi connectivity index (χ2n) is 6.31. The van der Waals surface area contributed by atoms with Gasteiger partial charge in [-0.2, -0.15) is 0 Å². The van der Waals surface area contributed by atoms with Crippen LogP contribution in [0.1, 0.15) is 69.4 Å². The van der Waals surface area contributed by atoms with Crippen molar-refractivity contribution in [1.29, 1.82) is 0 Å². The number of rotatable bonds is 14. The predicted octanol–water partition coefficient (Wildman–Crippen LogP) is 4.96. The van der Waals surface area contributed by atoms with Gasteiger partial charge in [0, 0.05) is 0 Å². The quantitative estimate of drug-likeness (QED) is 0.384. The van der Waals surface area contributed by atoms with Gasteiger partial charge in [0.25, 0.3) is 0 Å². The van der Waals surface area contributed by atoms with E-state index >= 15 is 0 Å². The van der Waals surface area contributed by atoms with E-state index in [0.29, 0.717) is 6.42 Å². The Morgan fingerprint density at radius 3 is 2.13 bits per heavy atom. The molecule has 0 bridgehead atoms. The van der Waals surface area contributed by atoms with E-state index in [9.17, 15) is 9.67 Å². The average molecular weight is 340 g/mol. The summed E-state index contributed by atoms with van der Waals surface area (Å²) in [6.07, 6.45) is 11.3. The molecule has 23 heavy (non-hydrogen) atoms. The van der Waals surface area contributed by atoms with E-state index < -0.39 is 14.8 Å². The Morgan fingerprint density at radius 2 is 1.52 bits per heavy atom. The van der Waals surface area contributed by atoms with Crippen molar-refractivity contribution in [2.75, 3.05) is 6.61 Å². The standard InChI is InChI=1S/C19H33O3P/c1-2-3-4-5-6-7-9-17-12-14-18(15-13-17)10-8-11-19(20)16-22-23-21/h12-15,19-20H,2-11,16,23H2,1H3. The fourth-order valence-corrected chi connectivity index (χ4v) is 3.06. The zero-order valence-corrected chi connectivity index (χ0v) is 15.7. The zero-order chi connectivity index (χ0) is 16.8. The van der Waals surface area contributed by atoms with Gasteiger partial charge >= 0.3 is 0 Å². The molecule has 1 rings (SSSR count). The van der Waals surface area contributed by atoms with Gasteiger partial charge < -0.3 is 9.63 Å². The van der Waals surface area contributed by atoms with Gasteiger partial charge in [-0.05, 0) is 43.2 Å². The minimum absolute atomic E-state index is 0.191. The first kappa shape index (κ1) is 20.4. The van der Waals surface area contributed by atoms with Gasteiger partial charge in [-0.3, -0.25) is 4.57 Å². The maximum Gasteiger partial charge on any atom is 0.180 e. The molecule has 132 valence electrons. The summed E-state index contributed by atoms with van der Waals surface area (Å²) < 4.78 is 15.0. The normalized spacial score (nSPS) is 13.0. The molecule has 0 heterocycles. The van der Waals surface area contributed by atoms with Gasteiger partial charge in [-0.15, -0.1) is 0 Å². The van der Waals surface area contributed by atoms with Crippen LogP contribution in [0.3, 0.4) is 0 Å². The molecule has 3 nitrogen and oxygen atoms in total. The molecule has 0 amide bonds. The fraction of sp³-hybridized carbons (Fsp3) is 0.684. The monoisotopic (exact) mass is 340 g/mol. The third-order valence-corrected chi connectivity index (χ3v) is 4.53. The van der Waals surface area contributed by atoms with E-state index in [1.54, 1.807) is 0 Å². The number of aliphatic hydroxyl groups is 1. The fourth-order valence-electron chi connectivity index (χ4n) is 2.76. The molecule has 1 aromatic carbocycles. The van der Waals surface area contributed by atoms with Gasteiger partial charge in [0.15, 0.2) is 8.69 Å². The molecular formula is C19H33O3P. The molecule has 0 aliphatic carbocycles. The van der Waals surface area contributed by atoms with Crippen LogP contribution in [0.2, 0.25) is 0 Å². The van der Waals surface area contributed by atoms with Crippen molar-refractivity contribution >= 4 is 8.69 Å². The Kier molecular flexibility index (Phi) is 12.2. The Morgan fingerprint density at radius 1 is 0.957 bits per heavy atom. The minimum atomic E-state index is -1.21. The summed E-state index contributed by atoms with van der Waals surface area (Å²) in [6, 6.07) is 8.89. The van der Waals surface area contributed by atoms with Crippen molar-refractivity contribution in [3.63, 3.8) is 0 Å². The first-order valence-corrected chi connectivity index (χ1v) is 10.0. The van der Waals surface area contributed by atoms with Crippen LogP contribution in [-0.2, 0) is 21.9 Å². The molecule has 2 unspecified atom stereocenters. The van der Waals surface area contributed by atoms with Crippen molar-refractivity contribution in [3.8, 4) is 0 Å². The first-order valence-electron chi connectivity index (χ1n) is 9.07. The molecule has 1 aromatic rings. The number of hydrogen-bond acceptors (Lipinski definition) is 3. The van der Waals surface area contributed by atoms with Gasteiger partial charge in [0.05, 0.1) is 12.7 Å². The molecule has 0 spiro atoms. The molecule has 0 aliphatic heterocycles. The van der Waals surface area contributed by atoms with Gasteiger partial charge in [0.2, 0.25) is 0 Å². The summed E-state index contributed by atoms with van der Waals surface area (Å²) in [7, 11) is -1.21. The van der Waals surface area contributed by atoms with Crippen LogP contribution >= 0.6 is 8.69 Å². The molecule has 0 saturated carbocycles. The van der Waals surface area contributed by atoms with Crippen molar-refractivity contribution in [1.82, 2.24) is 0 Å². The molecule has 0 aromatic heterocycles. The van der Waals surface area contributed by atoms with Crippen molar-refractivity contribution in [2.24, 2.45) is 0 Å². The largest absolute Gasteiger partial charge is 0.391 e. The Labute approximate surface area is 142 Å². The van der Waals surface area contributed by atoms with Crippen LogP contribution < -0.4 is 0 Å². The highest BCUT2D eigenvalue weighted by Gasteiger charge is 2.04. The highest BCUT2D eigenvalue weighted by molar-refractivity contribution is 7.17. The SMILES string of the molecule is CCCCCCCCc1ccc(CCCC(O)CO[PH2]=O)cc1. The summed E-state index contributed by atoms with van der Waals surface area (Å²) in [4.78, 5) is 0. The smallest absolute Gasteiger partial charge is 0.180 e. The van der Waals surface area contributed by atoms with Gasteiger partial charge in [-0.25, -0.2) is 0 Å². The third kappa shape index (κ3) is 10.7. The molecule has 0 fully saturated rings. The van der Waals surface area contributed by atoms with E-state index in [4.69, 9.17) is 4.52 Å². The maximum absolute atomic E-state index is 10.3. The number of aliphatic hydroxyl groups excluding tert-OH is 1. The lowest BCUT2D eigenvalue weighted by molar-refractivity contribution is 0.105. The van der Waals surface area contributed by atoms with Crippen LogP contribution in [0.25, 0.3) is 0 Å². The average Bonchev–Trinajstić information content (AvgIpc) is 2.57. The molecule has 0 radical (unpaired) electrons.